The largest absolute Gasteiger partial charge is 0.438 e. The van der Waals surface area contributed by atoms with Crippen LogP contribution in [0.15, 0.2) is 97.1 Å². The highest BCUT2D eigenvalue weighted by Crippen LogP contribution is 2.55. The number of carbonyl (C=O) groups excluding carboxylic acids is 1. The Morgan fingerprint density at radius 1 is 0.556 bits per heavy atom. The summed E-state index contributed by atoms with van der Waals surface area (Å²) in [5.74, 6) is 1.02. The second-order valence-corrected chi connectivity index (χ2v) is 13.2. The van der Waals surface area contributed by atoms with Crippen molar-refractivity contribution in [3.05, 3.63) is 97.1 Å². The van der Waals surface area contributed by atoms with Gasteiger partial charge in [-0.15, -0.1) is 0 Å². The van der Waals surface area contributed by atoms with Gasteiger partial charge in [-0.1, -0.05) is 72.8 Å². The first-order valence-electron chi connectivity index (χ1n) is 11.4. The van der Waals surface area contributed by atoms with Crippen LogP contribution in [0, 0.1) is 0 Å². The van der Waals surface area contributed by atoms with Gasteiger partial charge in [-0.05, 0) is 35.4 Å². The van der Waals surface area contributed by atoms with Crippen molar-refractivity contribution in [1.82, 2.24) is 10.6 Å². The van der Waals surface area contributed by atoms with Crippen molar-refractivity contribution in [2.45, 2.75) is 0 Å². The maximum atomic E-state index is 13.8. The van der Waals surface area contributed by atoms with E-state index in [-0.39, 0.29) is 12.6 Å². The summed E-state index contributed by atoms with van der Waals surface area (Å²) in [4.78, 5) is 12.8. The Bertz CT molecular complexity index is 1490. The fourth-order valence-corrected chi connectivity index (χ4v) is 8.67. The molecule has 2 aliphatic rings. The van der Waals surface area contributed by atoms with Gasteiger partial charge in [0.2, 0.25) is 0 Å². The minimum Gasteiger partial charge on any atom is -0.438 e. The molecule has 7 nitrogen and oxygen atoms in total. The van der Waals surface area contributed by atoms with Crippen molar-refractivity contribution >= 4 is 31.4 Å². The number of hydrogen-bond donors (Lipinski definition) is 2. The Hall–Kier alpha value is -3.79. The van der Waals surface area contributed by atoms with Gasteiger partial charge in [0.25, 0.3) is 14.7 Å². The van der Waals surface area contributed by atoms with E-state index in [1.54, 1.807) is 36.4 Å². The molecule has 180 valence electrons. The zero-order valence-electron chi connectivity index (χ0n) is 19.1. The molecule has 6 rings (SSSR count). The van der Waals surface area contributed by atoms with Crippen molar-refractivity contribution in [2.24, 2.45) is 0 Å². The molecule has 0 aliphatic carbocycles. The first-order valence-corrected chi connectivity index (χ1v) is 15.1. The van der Waals surface area contributed by atoms with E-state index in [1.165, 1.54) is 0 Å². The third-order valence-electron chi connectivity index (χ3n) is 6.28. The molecular formula is C27H22N2O5P2. The first kappa shape index (κ1) is 22.7. The molecule has 2 aliphatic heterocycles. The Balaban J connectivity index is 1.19. The summed E-state index contributed by atoms with van der Waals surface area (Å²) in [6.45, 7) is 0. The molecular weight excluding hydrogens is 494 g/mol. The lowest BCUT2D eigenvalue weighted by atomic mass is 10.0. The topological polar surface area (TPSA) is 93.7 Å². The lowest BCUT2D eigenvalue weighted by Crippen LogP contribution is -2.40. The van der Waals surface area contributed by atoms with Gasteiger partial charge >= 0.3 is 6.03 Å². The lowest BCUT2D eigenvalue weighted by Gasteiger charge is -2.29. The van der Waals surface area contributed by atoms with Crippen LogP contribution in [0.25, 0.3) is 22.3 Å². The molecule has 0 saturated carbocycles. The number of para-hydroxylation sites is 2. The molecule has 0 aromatic heterocycles. The van der Waals surface area contributed by atoms with Gasteiger partial charge in [0, 0.05) is 11.1 Å². The average molecular weight is 516 g/mol. The Kier molecular flexibility index (Phi) is 5.48. The summed E-state index contributed by atoms with van der Waals surface area (Å²) in [5.41, 5.74) is 3.35. The molecule has 2 N–H and O–H groups in total. The van der Waals surface area contributed by atoms with Gasteiger partial charge < -0.3 is 19.7 Å². The van der Waals surface area contributed by atoms with Crippen LogP contribution in [0.1, 0.15) is 0 Å². The Labute approximate surface area is 208 Å². The third-order valence-corrected chi connectivity index (χ3v) is 10.7. The second kappa shape index (κ2) is 8.70. The molecule has 0 radical (unpaired) electrons. The van der Waals surface area contributed by atoms with Crippen molar-refractivity contribution in [1.29, 1.82) is 0 Å². The molecule has 4 aromatic carbocycles. The summed E-state index contributed by atoms with van der Waals surface area (Å²) >= 11 is 0. The smallest absolute Gasteiger partial charge is 0.315 e. The second-order valence-electron chi connectivity index (χ2n) is 8.55. The third kappa shape index (κ3) is 3.81. The molecule has 4 aromatic rings. The van der Waals surface area contributed by atoms with Crippen LogP contribution in [0.3, 0.4) is 0 Å². The molecule has 2 unspecified atom stereocenters. The van der Waals surface area contributed by atoms with E-state index in [0.717, 1.165) is 22.3 Å². The van der Waals surface area contributed by atoms with E-state index in [2.05, 4.69) is 10.6 Å². The summed E-state index contributed by atoms with van der Waals surface area (Å²) < 4.78 is 39.6. The van der Waals surface area contributed by atoms with E-state index < -0.39 is 20.8 Å². The Morgan fingerprint density at radius 3 is 1.36 bits per heavy atom. The SMILES string of the molecule is O=C(NCP1(=O)Oc2ccccc2-c2ccccc21)NCP1(=O)Oc2ccccc2-c2ccccc21. The fraction of sp³-hybridized carbons (Fsp3) is 0.0741. The van der Waals surface area contributed by atoms with Crippen LogP contribution in [-0.4, -0.2) is 18.6 Å². The zero-order chi connectivity index (χ0) is 24.8. The first-order chi connectivity index (χ1) is 17.5. The van der Waals surface area contributed by atoms with Crippen molar-refractivity contribution in [3.63, 3.8) is 0 Å². The van der Waals surface area contributed by atoms with E-state index in [0.29, 0.717) is 22.1 Å². The minimum absolute atomic E-state index is 0.214. The number of hydrogen-bond acceptors (Lipinski definition) is 5. The van der Waals surface area contributed by atoms with E-state index in [1.807, 2.05) is 60.7 Å². The maximum absolute atomic E-state index is 13.8. The summed E-state index contributed by atoms with van der Waals surface area (Å²) in [7, 11) is -6.86. The highest BCUT2D eigenvalue weighted by Gasteiger charge is 2.38. The molecule has 2 atom stereocenters. The fourth-order valence-electron chi connectivity index (χ4n) is 4.60. The van der Waals surface area contributed by atoms with Gasteiger partial charge in [-0.3, -0.25) is 9.13 Å². The van der Waals surface area contributed by atoms with Crippen molar-refractivity contribution in [2.75, 3.05) is 12.6 Å². The molecule has 0 saturated heterocycles. The van der Waals surface area contributed by atoms with Gasteiger partial charge in [-0.25, -0.2) is 4.79 Å². The van der Waals surface area contributed by atoms with E-state index in [4.69, 9.17) is 9.05 Å². The highest BCUT2D eigenvalue weighted by atomic mass is 31.2. The molecule has 9 heteroatoms. The maximum Gasteiger partial charge on any atom is 0.315 e. The standard InChI is InChI=1S/C27H22N2O5P2/c30-27(28-17-35(31)25-15-7-3-11-21(25)19-9-1-5-13-23(19)33-35)29-18-36(32)26-16-8-4-12-22(26)20-10-2-6-14-24(20)34-36/h1-16H,17-18H2,(H2,28,29,30). The number of rotatable bonds is 4. The average Bonchev–Trinajstić information content (AvgIpc) is 2.91. The van der Waals surface area contributed by atoms with Crippen molar-refractivity contribution < 1.29 is 23.0 Å². The normalized spacial score (nSPS) is 20.9. The summed E-state index contributed by atoms with van der Waals surface area (Å²) in [6.07, 6.45) is -0.427. The zero-order valence-corrected chi connectivity index (χ0v) is 20.9. The number of fused-ring (bicyclic) bond motifs is 6. The van der Waals surface area contributed by atoms with Crippen LogP contribution < -0.4 is 30.3 Å². The molecule has 0 fully saturated rings. The quantitative estimate of drug-likeness (QED) is 0.348. The van der Waals surface area contributed by atoms with E-state index >= 15 is 0 Å². The molecule has 2 amide bonds. The monoisotopic (exact) mass is 516 g/mol. The van der Waals surface area contributed by atoms with Crippen LogP contribution in [0.4, 0.5) is 4.79 Å². The molecule has 2 heterocycles. The van der Waals surface area contributed by atoms with Gasteiger partial charge in [-0.2, -0.15) is 0 Å². The van der Waals surface area contributed by atoms with Gasteiger partial charge in [0.15, 0.2) is 0 Å². The molecule has 0 bridgehead atoms. The molecule has 0 spiro atoms. The van der Waals surface area contributed by atoms with Gasteiger partial charge in [0.05, 0.1) is 10.6 Å². The molecule has 36 heavy (non-hydrogen) atoms. The highest BCUT2D eigenvalue weighted by molar-refractivity contribution is 7.68. The van der Waals surface area contributed by atoms with Crippen LogP contribution in [0.2, 0.25) is 0 Å². The number of carbonyl (C=O) groups is 1. The number of benzene rings is 4. The minimum atomic E-state index is -3.43. The van der Waals surface area contributed by atoms with E-state index in [9.17, 15) is 13.9 Å². The predicted octanol–water partition coefficient (Wildman–Crippen LogP) is 5.53. The number of amides is 2. The Morgan fingerprint density at radius 2 is 0.917 bits per heavy atom. The predicted molar refractivity (Wildman–Crippen MR) is 141 cm³/mol. The van der Waals surface area contributed by atoms with Gasteiger partial charge in [0.1, 0.15) is 24.1 Å². The lowest BCUT2D eigenvalue weighted by molar-refractivity contribution is 0.243. The van der Waals surface area contributed by atoms with Crippen LogP contribution >= 0.6 is 14.7 Å². The summed E-state index contributed by atoms with van der Waals surface area (Å²) in [6, 6.07) is 28.8. The number of urea groups is 1. The van der Waals surface area contributed by atoms with Crippen LogP contribution in [-0.2, 0) is 9.13 Å². The van der Waals surface area contributed by atoms with Crippen molar-refractivity contribution in [3.8, 4) is 33.8 Å². The summed E-state index contributed by atoms with van der Waals surface area (Å²) in [5, 5.41) is 6.41. The van der Waals surface area contributed by atoms with Crippen LogP contribution in [0.5, 0.6) is 11.5 Å². The number of nitrogens with one attached hydrogen (secondary N) is 2.